The molecule has 0 atom stereocenters. The summed E-state index contributed by atoms with van der Waals surface area (Å²) in [5.74, 6) is -1.19. The number of halogens is 1. The Morgan fingerprint density at radius 3 is 2.48 bits per heavy atom. The number of hydrogen-bond donors (Lipinski definition) is 2. The van der Waals surface area contributed by atoms with Crippen molar-refractivity contribution in [3.8, 4) is 0 Å². The fraction of sp³-hybridized carbons (Fsp3) is 0.0714. The van der Waals surface area contributed by atoms with E-state index in [9.17, 15) is 17.6 Å². The van der Waals surface area contributed by atoms with Gasteiger partial charge in [0.25, 0.3) is 15.9 Å². The van der Waals surface area contributed by atoms with Gasteiger partial charge in [0, 0.05) is 18.3 Å². The molecular weight excluding hydrogens is 295 g/mol. The normalized spacial score (nSPS) is 11.0. The SMILES string of the molecule is CNC(=O)c1cccc(NS(=O)(=O)c2ccccc2F)c1. The maximum absolute atomic E-state index is 13.6. The summed E-state index contributed by atoms with van der Waals surface area (Å²) in [5, 5.41) is 2.44. The lowest BCUT2D eigenvalue weighted by Gasteiger charge is -2.09. The van der Waals surface area contributed by atoms with E-state index in [2.05, 4.69) is 10.0 Å². The van der Waals surface area contributed by atoms with Crippen LogP contribution in [-0.4, -0.2) is 21.4 Å². The predicted octanol–water partition coefficient (Wildman–Crippen LogP) is 1.99. The summed E-state index contributed by atoms with van der Waals surface area (Å²) < 4.78 is 40.1. The second kappa shape index (κ2) is 5.92. The maximum atomic E-state index is 13.6. The first-order valence-corrected chi connectivity index (χ1v) is 7.52. The van der Waals surface area contributed by atoms with Crippen molar-refractivity contribution in [1.82, 2.24) is 5.32 Å². The summed E-state index contributed by atoms with van der Waals surface area (Å²) in [6.45, 7) is 0. The molecular formula is C14H13FN2O3S. The van der Waals surface area contributed by atoms with E-state index < -0.39 is 20.7 Å². The van der Waals surface area contributed by atoms with Gasteiger partial charge in [0.1, 0.15) is 10.7 Å². The lowest BCUT2D eigenvalue weighted by Crippen LogP contribution is -2.19. The van der Waals surface area contributed by atoms with Gasteiger partial charge in [-0.15, -0.1) is 0 Å². The number of sulfonamides is 1. The first-order valence-electron chi connectivity index (χ1n) is 6.03. The smallest absolute Gasteiger partial charge is 0.264 e. The third-order valence-corrected chi connectivity index (χ3v) is 4.14. The number of carbonyl (C=O) groups excluding carboxylic acids is 1. The highest BCUT2D eigenvalue weighted by Crippen LogP contribution is 2.19. The molecule has 0 spiro atoms. The summed E-state index contributed by atoms with van der Waals surface area (Å²) in [5.41, 5.74) is 0.477. The highest BCUT2D eigenvalue weighted by atomic mass is 32.2. The second-order valence-corrected chi connectivity index (χ2v) is 5.85. The monoisotopic (exact) mass is 308 g/mol. The number of hydrogen-bond acceptors (Lipinski definition) is 3. The molecule has 2 aromatic carbocycles. The van der Waals surface area contributed by atoms with Crippen molar-refractivity contribution in [3.63, 3.8) is 0 Å². The van der Waals surface area contributed by atoms with E-state index in [1.54, 1.807) is 6.07 Å². The largest absolute Gasteiger partial charge is 0.355 e. The minimum absolute atomic E-state index is 0.180. The Morgan fingerprint density at radius 1 is 1.10 bits per heavy atom. The summed E-state index contributed by atoms with van der Waals surface area (Å²) in [4.78, 5) is 11.1. The van der Waals surface area contributed by atoms with Crippen LogP contribution < -0.4 is 10.0 Å². The van der Waals surface area contributed by atoms with Crippen molar-refractivity contribution in [3.05, 3.63) is 59.9 Å². The Labute approximate surface area is 121 Å². The van der Waals surface area contributed by atoms with E-state index in [1.165, 1.54) is 43.4 Å². The van der Waals surface area contributed by atoms with Gasteiger partial charge in [-0.3, -0.25) is 9.52 Å². The molecule has 0 saturated carbocycles. The van der Waals surface area contributed by atoms with Crippen LogP contribution in [-0.2, 0) is 10.0 Å². The van der Waals surface area contributed by atoms with Crippen molar-refractivity contribution in [2.24, 2.45) is 0 Å². The highest BCUT2D eigenvalue weighted by Gasteiger charge is 2.18. The van der Waals surface area contributed by atoms with Crippen LogP contribution in [0.5, 0.6) is 0 Å². The average molecular weight is 308 g/mol. The lowest BCUT2D eigenvalue weighted by molar-refractivity contribution is 0.0963. The molecule has 5 nitrogen and oxygen atoms in total. The minimum atomic E-state index is -4.05. The van der Waals surface area contributed by atoms with Crippen LogP contribution >= 0.6 is 0 Å². The molecule has 0 aromatic heterocycles. The van der Waals surface area contributed by atoms with E-state index in [4.69, 9.17) is 0 Å². The molecule has 0 saturated heterocycles. The standard InChI is InChI=1S/C14H13FN2O3S/c1-16-14(18)10-5-4-6-11(9-10)17-21(19,20)13-8-3-2-7-12(13)15/h2-9,17H,1H3,(H,16,18). The number of nitrogens with one attached hydrogen (secondary N) is 2. The topological polar surface area (TPSA) is 75.3 Å². The molecule has 0 aliphatic heterocycles. The predicted molar refractivity (Wildman–Crippen MR) is 77.0 cm³/mol. The van der Waals surface area contributed by atoms with Crippen LogP contribution in [0.25, 0.3) is 0 Å². The molecule has 2 N–H and O–H groups in total. The van der Waals surface area contributed by atoms with E-state index in [1.807, 2.05) is 0 Å². The van der Waals surface area contributed by atoms with Gasteiger partial charge < -0.3 is 5.32 Å². The van der Waals surface area contributed by atoms with Crippen LogP contribution in [0, 0.1) is 5.82 Å². The van der Waals surface area contributed by atoms with Crippen LogP contribution in [0.4, 0.5) is 10.1 Å². The fourth-order valence-electron chi connectivity index (χ4n) is 1.74. The van der Waals surface area contributed by atoms with Gasteiger partial charge in [-0.2, -0.15) is 0 Å². The van der Waals surface area contributed by atoms with E-state index in [0.29, 0.717) is 5.56 Å². The number of amides is 1. The van der Waals surface area contributed by atoms with Crippen molar-refractivity contribution >= 4 is 21.6 Å². The molecule has 1 amide bonds. The highest BCUT2D eigenvalue weighted by molar-refractivity contribution is 7.92. The van der Waals surface area contributed by atoms with Crippen molar-refractivity contribution < 1.29 is 17.6 Å². The molecule has 0 bridgehead atoms. The van der Waals surface area contributed by atoms with Crippen molar-refractivity contribution in [1.29, 1.82) is 0 Å². The Morgan fingerprint density at radius 2 is 1.81 bits per heavy atom. The van der Waals surface area contributed by atoms with Gasteiger partial charge in [-0.05, 0) is 30.3 Å². The van der Waals surface area contributed by atoms with Gasteiger partial charge in [-0.1, -0.05) is 18.2 Å². The van der Waals surface area contributed by atoms with Crippen LogP contribution in [0.2, 0.25) is 0 Å². The van der Waals surface area contributed by atoms with E-state index >= 15 is 0 Å². The molecule has 2 aromatic rings. The molecule has 0 fully saturated rings. The summed E-state index contributed by atoms with van der Waals surface area (Å²) >= 11 is 0. The van der Waals surface area contributed by atoms with Gasteiger partial charge in [0.2, 0.25) is 0 Å². The third-order valence-electron chi connectivity index (χ3n) is 2.73. The number of carbonyl (C=O) groups is 1. The molecule has 0 aliphatic carbocycles. The van der Waals surface area contributed by atoms with E-state index in [-0.39, 0.29) is 11.6 Å². The third kappa shape index (κ3) is 3.38. The van der Waals surface area contributed by atoms with Gasteiger partial charge in [0.15, 0.2) is 0 Å². The van der Waals surface area contributed by atoms with Crippen LogP contribution in [0.3, 0.4) is 0 Å². The molecule has 0 aliphatic rings. The van der Waals surface area contributed by atoms with Gasteiger partial charge in [0.05, 0.1) is 0 Å². The number of anilines is 1. The molecule has 0 radical (unpaired) electrons. The zero-order valence-corrected chi connectivity index (χ0v) is 11.9. The van der Waals surface area contributed by atoms with Crippen LogP contribution in [0.15, 0.2) is 53.4 Å². The number of benzene rings is 2. The first kappa shape index (κ1) is 15.0. The average Bonchev–Trinajstić information content (AvgIpc) is 2.46. The maximum Gasteiger partial charge on any atom is 0.264 e. The van der Waals surface area contributed by atoms with Crippen molar-refractivity contribution in [2.75, 3.05) is 11.8 Å². The Hall–Kier alpha value is -2.41. The molecule has 110 valence electrons. The molecule has 7 heteroatoms. The molecule has 0 heterocycles. The van der Waals surface area contributed by atoms with Gasteiger partial charge >= 0.3 is 0 Å². The van der Waals surface area contributed by atoms with Crippen molar-refractivity contribution in [2.45, 2.75) is 4.90 Å². The van der Waals surface area contributed by atoms with Gasteiger partial charge in [-0.25, -0.2) is 12.8 Å². The fourth-order valence-corrected chi connectivity index (χ4v) is 2.87. The zero-order valence-electron chi connectivity index (χ0n) is 11.1. The molecule has 21 heavy (non-hydrogen) atoms. The second-order valence-electron chi connectivity index (χ2n) is 4.20. The van der Waals surface area contributed by atoms with E-state index in [0.717, 1.165) is 6.07 Å². The quantitative estimate of drug-likeness (QED) is 0.907. The zero-order chi connectivity index (χ0) is 15.5. The Kier molecular flexibility index (Phi) is 4.23. The minimum Gasteiger partial charge on any atom is -0.355 e. The van der Waals surface area contributed by atoms with Crippen LogP contribution in [0.1, 0.15) is 10.4 Å². The summed E-state index contributed by atoms with van der Waals surface area (Å²) in [6, 6.07) is 11.0. The molecule has 2 rings (SSSR count). The molecule has 0 unspecified atom stereocenters. The Balaban J connectivity index is 2.34. The number of rotatable bonds is 4. The summed E-state index contributed by atoms with van der Waals surface area (Å²) in [6.07, 6.45) is 0. The lowest BCUT2D eigenvalue weighted by atomic mass is 10.2. The first-order chi connectivity index (χ1) is 9.94. The Bertz CT molecular complexity index is 775. The summed E-state index contributed by atoms with van der Waals surface area (Å²) in [7, 11) is -2.58.